The quantitative estimate of drug-likeness (QED) is 0.746. The number of rotatable bonds is 4. The van der Waals surface area contributed by atoms with Crippen LogP contribution in [-0.4, -0.2) is 21.1 Å². The minimum Gasteiger partial charge on any atom is -0.361 e. The predicted octanol–water partition coefficient (Wildman–Crippen LogP) is 4.25. The number of benzene rings is 1. The van der Waals surface area contributed by atoms with Crippen molar-refractivity contribution in [3.05, 3.63) is 41.0 Å². The first-order valence-corrected chi connectivity index (χ1v) is 9.29. The lowest BCUT2D eigenvalue weighted by atomic mass is 9.90. The minimum atomic E-state index is -0.0463. The van der Waals surface area contributed by atoms with Crippen molar-refractivity contribution in [2.75, 3.05) is 5.32 Å². The molecule has 4 rings (SSSR count). The number of aromatic amines is 1. The number of carbonyl (C=O) groups is 1. The maximum absolute atomic E-state index is 12.4. The van der Waals surface area contributed by atoms with Gasteiger partial charge in [-0.05, 0) is 30.5 Å². The van der Waals surface area contributed by atoms with E-state index in [1.54, 1.807) is 0 Å². The third-order valence-corrected chi connectivity index (χ3v) is 5.68. The third kappa shape index (κ3) is 3.19. The standard InChI is InChI=1S/C18H20N4OS/c23-16(11-13-7-4-8-15-14(13)9-10-19-15)20-18-22-21-17(24-18)12-5-2-1-3-6-12/h4,7-10,12,19H,1-3,5-6,11H2,(H,20,22,23). The highest BCUT2D eigenvalue weighted by Crippen LogP contribution is 2.35. The number of aromatic nitrogens is 3. The first-order valence-electron chi connectivity index (χ1n) is 8.48. The van der Waals surface area contributed by atoms with Gasteiger partial charge < -0.3 is 10.3 Å². The topological polar surface area (TPSA) is 70.7 Å². The maximum Gasteiger partial charge on any atom is 0.230 e. The molecule has 0 bridgehead atoms. The van der Waals surface area contributed by atoms with E-state index >= 15 is 0 Å². The molecule has 5 nitrogen and oxygen atoms in total. The van der Waals surface area contributed by atoms with E-state index in [9.17, 15) is 4.79 Å². The summed E-state index contributed by atoms with van der Waals surface area (Å²) in [5.41, 5.74) is 2.07. The van der Waals surface area contributed by atoms with E-state index in [4.69, 9.17) is 0 Å². The van der Waals surface area contributed by atoms with Crippen LogP contribution in [0.5, 0.6) is 0 Å². The lowest BCUT2D eigenvalue weighted by Gasteiger charge is -2.18. The molecule has 0 radical (unpaired) electrons. The molecule has 1 amide bonds. The van der Waals surface area contributed by atoms with Gasteiger partial charge in [0.05, 0.1) is 6.42 Å². The molecule has 2 heterocycles. The van der Waals surface area contributed by atoms with Gasteiger partial charge in [0.15, 0.2) is 0 Å². The number of hydrogen-bond donors (Lipinski definition) is 2. The zero-order valence-corrected chi connectivity index (χ0v) is 14.2. The molecular formula is C18H20N4OS. The van der Waals surface area contributed by atoms with Crippen molar-refractivity contribution in [1.29, 1.82) is 0 Å². The highest BCUT2D eigenvalue weighted by atomic mass is 32.1. The highest BCUT2D eigenvalue weighted by Gasteiger charge is 2.20. The van der Waals surface area contributed by atoms with Gasteiger partial charge in [-0.3, -0.25) is 4.79 Å². The molecule has 1 fully saturated rings. The molecular weight excluding hydrogens is 320 g/mol. The van der Waals surface area contributed by atoms with Crippen LogP contribution in [0.1, 0.15) is 48.6 Å². The van der Waals surface area contributed by atoms with Crippen LogP contribution < -0.4 is 5.32 Å². The fraction of sp³-hybridized carbons (Fsp3) is 0.389. The molecule has 0 atom stereocenters. The molecule has 0 unspecified atom stereocenters. The van der Waals surface area contributed by atoms with Gasteiger partial charge in [0, 0.05) is 23.0 Å². The van der Waals surface area contributed by atoms with Crippen molar-refractivity contribution >= 4 is 33.3 Å². The molecule has 0 spiro atoms. The van der Waals surface area contributed by atoms with E-state index in [0.29, 0.717) is 17.5 Å². The summed E-state index contributed by atoms with van der Waals surface area (Å²) in [6.45, 7) is 0. The molecule has 1 saturated carbocycles. The summed E-state index contributed by atoms with van der Waals surface area (Å²) < 4.78 is 0. The first-order chi connectivity index (χ1) is 11.8. The molecule has 2 aromatic heterocycles. The monoisotopic (exact) mass is 340 g/mol. The van der Waals surface area contributed by atoms with Gasteiger partial charge in [-0.1, -0.05) is 42.7 Å². The molecule has 3 aromatic rings. The largest absolute Gasteiger partial charge is 0.361 e. The maximum atomic E-state index is 12.4. The van der Waals surface area contributed by atoms with Gasteiger partial charge in [0.2, 0.25) is 11.0 Å². The number of H-pyrrole nitrogens is 1. The van der Waals surface area contributed by atoms with E-state index in [2.05, 4.69) is 20.5 Å². The smallest absolute Gasteiger partial charge is 0.230 e. The Bertz CT molecular complexity index is 847. The Morgan fingerprint density at radius 2 is 2.08 bits per heavy atom. The fourth-order valence-corrected chi connectivity index (χ4v) is 4.37. The Hall–Kier alpha value is -2.21. The van der Waals surface area contributed by atoms with E-state index in [0.717, 1.165) is 21.5 Å². The number of carbonyl (C=O) groups excluding carboxylic acids is 1. The molecule has 1 aliphatic rings. The van der Waals surface area contributed by atoms with E-state index in [1.807, 2.05) is 30.5 Å². The predicted molar refractivity (Wildman–Crippen MR) is 96.4 cm³/mol. The van der Waals surface area contributed by atoms with Crippen molar-refractivity contribution in [2.24, 2.45) is 0 Å². The van der Waals surface area contributed by atoms with Gasteiger partial charge >= 0.3 is 0 Å². The van der Waals surface area contributed by atoms with Crippen molar-refractivity contribution in [2.45, 2.75) is 44.4 Å². The summed E-state index contributed by atoms with van der Waals surface area (Å²) in [4.78, 5) is 15.5. The number of hydrogen-bond acceptors (Lipinski definition) is 4. The van der Waals surface area contributed by atoms with E-state index in [-0.39, 0.29) is 5.91 Å². The van der Waals surface area contributed by atoms with Crippen LogP contribution in [-0.2, 0) is 11.2 Å². The Morgan fingerprint density at radius 3 is 2.96 bits per heavy atom. The summed E-state index contributed by atoms with van der Waals surface area (Å²) >= 11 is 1.52. The lowest BCUT2D eigenvalue weighted by Crippen LogP contribution is -2.14. The molecule has 1 aliphatic carbocycles. The van der Waals surface area contributed by atoms with Gasteiger partial charge in [-0.2, -0.15) is 0 Å². The summed E-state index contributed by atoms with van der Waals surface area (Å²) in [6.07, 6.45) is 8.49. The summed E-state index contributed by atoms with van der Waals surface area (Å²) in [7, 11) is 0. The van der Waals surface area contributed by atoms with Crippen molar-refractivity contribution in [1.82, 2.24) is 15.2 Å². The number of amides is 1. The van der Waals surface area contributed by atoms with Crippen molar-refractivity contribution in [3.63, 3.8) is 0 Å². The third-order valence-electron chi connectivity index (χ3n) is 4.68. The molecule has 2 N–H and O–H groups in total. The Morgan fingerprint density at radius 1 is 1.21 bits per heavy atom. The SMILES string of the molecule is O=C(Cc1cccc2[nH]ccc12)Nc1nnc(C2CCCCC2)s1. The van der Waals surface area contributed by atoms with Crippen LogP contribution in [0.15, 0.2) is 30.5 Å². The fourth-order valence-electron chi connectivity index (χ4n) is 3.44. The van der Waals surface area contributed by atoms with Gasteiger partial charge in [0.1, 0.15) is 5.01 Å². The molecule has 24 heavy (non-hydrogen) atoms. The normalized spacial score (nSPS) is 15.7. The molecule has 0 aliphatic heterocycles. The van der Waals surface area contributed by atoms with Crippen LogP contribution in [0.2, 0.25) is 0 Å². The molecule has 6 heteroatoms. The van der Waals surface area contributed by atoms with Crippen LogP contribution >= 0.6 is 11.3 Å². The summed E-state index contributed by atoms with van der Waals surface area (Å²) in [5, 5.41) is 14.1. The van der Waals surface area contributed by atoms with Crippen molar-refractivity contribution in [3.8, 4) is 0 Å². The van der Waals surface area contributed by atoms with Crippen LogP contribution in [0.3, 0.4) is 0 Å². The molecule has 124 valence electrons. The Labute approximate surface area is 144 Å². The van der Waals surface area contributed by atoms with Crippen LogP contribution in [0, 0.1) is 0 Å². The van der Waals surface area contributed by atoms with Gasteiger partial charge in [-0.25, -0.2) is 0 Å². The highest BCUT2D eigenvalue weighted by molar-refractivity contribution is 7.15. The van der Waals surface area contributed by atoms with Crippen molar-refractivity contribution < 1.29 is 4.79 Å². The van der Waals surface area contributed by atoms with Gasteiger partial charge in [-0.15, -0.1) is 10.2 Å². The average molecular weight is 340 g/mol. The Balaban J connectivity index is 1.43. The first kappa shape index (κ1) is 15.3. The summed E-state index contributed by atoms with van der Waals surface area (Å²) in [6, 6.07) is 7.97. The second-order valence-electron chi connectivity index (χ2n) is 6.36. The lowest BCUT2D eigenvalue weighted by molar-refractivity contribution is -0.115. The summed E-state index contributed by atoms with van der Waals surface area (Å²) in [5.74, 6) is 0.477. The number of nitrogens with one attached hydrogen (secondary N) is 2. The second kappa shape index (κ2) is 6.73. The molecule has 0 saturated heterocycles. The van der Waals surface area contributed by atoms with Crippen LogP contribution in [0.4, 0.5) is 5.13 Å². The zero-order valence-electron chi connectivity index (χ0n) is 13.4. The second-order valence-corrected chi connectivity index (χ2v) is 7.37. The molecule has 1 aromatic carbocycles. The number of nitrogens with zero attached hydrogens (tertiary/aromatic N) is 2. The van der Waals surface area contributed by atoms with E-state index < -0.39 is 0 Å². The average Bonchev–Trinajstić information content (AvgIpc) is 3.25. The Kier molecular flexibility index (Phi) is 4.30. The van der Waals surface area contributed by atoms with E-state index in [1.165, 1.54) is 43.4 Å². The van der Waals surface area contributed by atoms with Crippen LogP contribution in [0.25, 0.3) is 10.9 Å². The number of fused-ring (bicyclic) bond motifs is 1. The van der Waals surface area contributed by atoms with Gasteiger partial charge in [0.25, 0.3) is 0 Å². The number of anilines is 1. The minimum absolute atomic E-state index is 0.0463. The zero-order chi connectivity index (χ0) is 16.4.